The zero-order valence-electron chi connectivity index (χ0n) is 11.0. The minimum atomic E-state index is -0.0386. The summed E-state index contributed by atoms with van der Waals surface area (Å²) in [5.74, 6) is 0.661. The molecule has 0 spiro atoms. The van der Waals surface area contributed by atoms with Crippen LogP contribution < -0.4 is 5.32 Å². The van der Waals surface area contributed by atoms with E-state index in [1.807, 2.05) is 6.07 Å². The monoisotopic (exact) mass is 235 g/mol. The lowest BCUT2D eigenvalue weighted by atomic mass is 10.0. The van der Waals surface area contributed by atoms with Crippen molar-refractivity contribution in [2.45, 2.75) is 52.1 Å². The largest absolute Gasteiger partial charge is 0.307 e. The van der Waals surface area contributed by atoms with Crippen LogP contribution in [0.3, 0.4) is 0 Å². The fraction of sp³-hybridized carbons (Fsp3) is 0.600. The molecule has 1 nitrogen and oxygen atoms in total. The number of nitrogens with one attached hydrogen (secondary N) is 1. The van der Waals surface area contributed by atoms with Gasteiger partial charge in [0, 0.05) is 12.1 Å². The van der Waals surface area contributed by atoms with Crippen LogP contribution in [-0.2, 0) is 6.42 Å². The summed E-state index contributed by atoms with van der Waals surface area (Å²) in [5.41, 5.74) is 2.09. The third-order valence-electron chi connectivity index (χ3n) is 3.52. The van der Waals surface area contributed by atoms with Crippen molar-refractivity contribution in [2.24, 2.45) is 5.92 Å². The number of benzene rings is 1. The predicted octanol–water partition coefficient (Wildman–Crippen LogP) is 3.84. The first-order valence-electron chi connectivity index (χ1n) is 6.61. The maximum atomic E-state index is 13.6. The van der Waals surface area contributed by atoms with Crippen molar-refractivity contribution >= 4 is 0 Å². The van der Waals surface area contributed by atoms with E-state index in [9.17, 15) is 4.39 Å². The molecular weight excluding hydrogens is 213 g/mol. The fourth-order valence-corrected chi connectivity index (χ4v) is 2.90. The molecule has 0 saturated carbocycles. The molecule has 1 aromatic rings. The van der Waals surface area contributed by atoms with Gasteiger partial charge in [0.2, 0.25) is 0 Å². The van der Waals surface area contributed by atoms with E-state index in [0.29, 0.717) is 18.0 Å². The molecule has 2 atom stereocenters. The molecule has 0 heterocycles. The van der Waals surface area contributed by atoms with Crippen molar-refractivity contribution in [1.29, 1.82) is 0 Å². The summed E-state index contributed by atoms with van der Waals surface area (Å²) in [5, 5.41) is 3.63. The molecule has 94 valence electrons. The second-order valence-electron chi connectivity index (χ2n) is 5.60. The van der Waals surface area contributed by atoms with Crippen LogP contribution in [0.2, 0.25) is 0 Å². The van der Waals surface area contributed by atoms with E-state index in [1.54, 1.807) is 6.07 Å². The second-order valence-corrected chi connectivity index (χ2v) is 5.60. The van der Waals surface area contributed by atoms with Gasteiger partial charge in [0.1, 0.15) is 5.82 Å². The molecule has 1 aromatic carbocycles. The van der Waals surface area contributed by atoms with E-state index in [4.69, 9.17) is 0 Å². The highest BCUT2D eigenvalue weighted by molar-refractivity contribution is 5.35. The van der Waals surface area contributed by atoms with Crippen molar-refractivity contribution < 1.29 is 4.39 Å². The molecule has 1 N–H and O–H groups in total. The van der Waals surface area contributed by atoms with Gasteiger partial charge in [-0.15, -0.1) is 0 Å². The quantitative estimate of drug-likeness (QED) is 0.836. The molecule has 1 aliphatic rings. The van der Waals surface area contributed by atoms with E-state index >= 15 is 0 Å². The fourth-order valence-electron chi connectivity index (χ4n) is 2.90. The van der Waals surface area contributed by atoms with Crippen LogP contribution in [0, 0.1) is 11.7 Å². The molecule has 0 amide bonds. The maximum Gasteiger partial charge on any atom is 0.126 e. The lowest BCUT2D eigenvalue weighted by Gasteiger charge is -2.21. The summed E-state index contributed by atoms with van der Waals surface area (Å²) in [6.45, 7) is 6.69. The Hall–Kier alpha value is -0.890. The molecule has 1 aliphatic carbocycles. The van der Waals surface area contributed by atoms with Crippen LogP contribution in [0.1, 0.15) is 50.8 Å². The first-order valence-corrected chi connectivity index (χ1v) is 6.61. The molecule has 2 rings (SSSR count). The summed E-state index contributed by atoms with van der Waals surface area (Å²) in [6.07, 6.45) is 3.06. The Morgan fingerprint density at radius 2 is 2.12 bits per heavy atom. The van der Waals surface area contributed by atoms with E-state index in [0.717, 1.165) is 18.4 Å². The topological polar surface area (TPSA) is 12.0 Å². The molecule has 0 saturated heterocycles. The van der Waals surface area contributed by atoms with Gasteiger partial charge in [-0.1, -0.05) is 26.0 Å². The van der Waals surface area contributed by atoms with Crippen LogP contribution in [0.4, 0.5) is 4.39 Å². The van der Waals surface area contributed by atoms with E-state index in [2.05, 4.69) is 32.2 Å². The van der Waals surface area contributed by atoms with Gasteiger partial charge in [0.05, 0.1) is 0 Å². The number of halogens is 1. The van der Waals surface area contributed by atoms with Crippen LogP contribution in [0.15, 0.2) is 18.2 Å². The van der Waals surface area contributed by atoms with Gasteiger partial charge in [-0.05, 0) is 49.3 Å². The Kier molecular flexibility index (Phi) is 3.82. The summed E-state index contributed by atoms with van der Waals surface area (Å²) in [6, 6.07) is 6.29. The first-order chi connectivity index (χ1) is 8.08. The SMILES string of the molecule is CC(C)CC(C)NC1CCc2c(F)cccc21. The summed E-state index contributed by atoms with van der Waals surface area (Å²) in [4.78, 5) is 0. The Morgan fingerprint density at radius 1 is 1.35 bits per heavy atom. The minimum Gasteiger partial charge on any atom is -0.307 e. The van der Waals surface area contributed by atoms with Gasteiger partial charge in [0.15, 0.2) is 0 Å². The van der Waals surface area contributed by atoms with Crippen molar-refractivity contribution in [3.63, 3.8) is 0 Å². The standard InChI is InChI=1S/C15H22FN/c1-10(2)9-11(3)17-15-8-7-12-13(15)5-4-6-14(12)16/h4-6,10-11,15,17H,7-9H2,1-3H3. The van der Waals surface area contributed by atoms with Crippen LogP contribution in [0.5, 0.6) is 0 Å². The highest BCUT2D eigenvalue weighted by Crippen LogP contribution is 2.33. The Morgan fingerprint density at radius 3 is 2.82 bits per heavy atom. The number of hydrogen-bond donors (Lipinski definition) is 1. The molecule has 17 heavy (non-hydrogen) atoms. The number of hydrogen-bond acceptors (Lipinski definition) is 1. The van der Waals surface area contributed by atoms with Crippen LogP contribution in [-0.4, -0.2) is 6.04 Å². The maximum absolute atomic E-state index is 13.6. The van der Waals surface area contributed by atoms with E-state index in [1.165, 1.54) is 12.0 Å². The van der Waals surface area contributed by atoms with Crippen molar-refractivity contribution in [2.75, 3.05) is 0 Å². The third kappa shape index (κ3) is 2.86. The Balaban J connectivity index is 2.05. The Labute approximate surface area is 103 Å². The van der Waals surface area contributed by atoms with Crippen LogP contribution in [0.25, 0.3) is 0 Å². The average molecular weight is 235 g/mol. The van der Waals surface area contributed by atoms with Gasteiger partial charge >= 0.3 is 0 Å². The van der Waals surface area contributed by atoms with Gasteiger partial charge in [0.25, 0.3) is 0 Å². The Bertz CT molecular complexity index is 387. The minimum absolute atomic E-state index is 0.0386. The highest BCUT2D eigenvalue weighted by atomic mass is 19.1. The van der Waals surface area contributed by atoms with Crippen molar-refractivity contribution in [3.05, 3.63) is 35.1 Å². The molecule has 0 fully saturated rings. The first kappa shape index (κ1) is 12.6. The van der Waals surface area contributed by atoms with Gasteiger partial charge in [-0.25, -0.2) is 4.39 Å². The second kappa shape index (κ2) is 5.18. The van der Waals surface area contributed by atoms with Gasteiger partial charge in [-0.3, -0.25) is 0 Å². The molecule has 0 aliphatic heterocycles. The zero-order chi connectivity index (χ0) is 12.4. The normalized spacial score (nSPS) is 20.6. The molecule has 0 aromatic heterocycles. The lowest BCUT2D eigenvalue weighted by molar-refractivity contribution is 0.393. The highest BCUT2D eigenvalue weighted by Gasteiger charge is 2.25. The van der Waals surface area contributed by atoms with Gasteiger partial charge < -0.3 is 5.32 Å². The average Bonchev–Trinajstić information content (AvgIpc) is 2.62. The van der Waals surface area contributed by atoms with Gasteiger partial charge in [-0.2, -0.15) is 0 Å². The lowest BCUT2D eigenvalue weighted by Crippen LogP contribution is -2.30. The molecular formula is C15H22FN. The molecule has 2 heteroatoms. The predicted molar refractivity (Wildman–Crippen MR) is 69.5 cm³/mol. The van der Waals surface area contributed by atoms with E-state index in [-0.39, 0.29) is 5.82 Å². The van der Waals surface area contributed by atoms with E-state index < -0.39 is 0 Å². The molecule has 0 bridgehead atoms. The summed E-state index contributed by atoms with van der Waals surface area (Å²) < 4.78 is 13.6. The summed E-state index contributed by atoms with van der Waals surface area (Å²) >= 11 is 0. The molecule has 2 unspecified atom stereocenters. The molecule has 0 radical (unpaired) electrons. The number of fused-ring (bicyclic) bond motifs is 1. The van der Waals surface area contributed by atoms with Crippen LogP contribution >= 0.6 is 0 Å². The number of rotatable bonds is 4. The third-order valence-corrected chi connectivity index (χ3v) is 3.52. The smallest absolute Gasteiger partial charge is 0.126 e. The van der Waals surface area contributed by atoms with Crippen molar-refractivity contribution in [1.82, 2.24) is 5.32 Å². The zero-order valence-corrected chi connectivity index (χ0v) is 11.0. The summed E-state index contributed by atoms with van der Waals surface area (Å²) in [7, 11) is 0. The van der Waals surface area contributed by atoms with Crippen molar-refractivity contribution in [3.8, 4) is 0 Å².